The summed E-state index contributed by atoms with van der Waals surface area (Å²) in [6, 6.07) is 3.30. The van der Waals surface area contributed by atoms with Gasteiger partial charge in [0.05, 0.1) is 12.8 Å². The fraction of sp³-hybridized carbons (Fsp3) is 0.111. The first-order chi connectivity index (χ1) is 6.77. The van der Waals surface area contributed by atoms with Crippen LogP contribution in [0.2, 0.25) is 0 Å². The summed E-state index contributed by atoms with van der Waals surface area (Å²) in [5, 5.41) is 9.24. The molecule has 5 heteroatoms. The van der Waals surface area contributed by atoms with E-state index in [1.54, 1.807) is 28.3 Å². The van der Waals surface area contributed by atoms with Crippen LogP contribution in [0.1, 0.15) is 10.6 Å². The van der Waals surface area contributed by atoms with Gasteiger partial charge in [-0.1, -0.05) is 0 Å². The highest BCUT2D eigenvalue weighted by atomic mass is 32.1. The first kappa shape index (κ1) is 8.96. The zero-order valence-corrected chi connectivity index (χ0v) is 8.08. The lowest BCUT2D eigenvalue weighted by atomic mass is 10.3. The van der Waals surface area contributed by atoms with Crippen LogP contribution in [-0.4, -0.2) is 10.4 Å². The Morgan fingerprint density at radius 3 is 3.07 bits per heavy atom. The molecule has 2 aromatic rings. The summed E-state index contributed by atoms with van der Waals surface area (Å²) in [5.41, 5.74) is 0. The van der Waals surface area contributed by atoms with Crippen LogP contribution in [0.5, 0.6) is 0 Å². The number of Topliss-reactive ketones (excluding diaryl/α,β-unsaturated/α-hetero) is 1. The van der Waals surface area contributed by atoms with Crippen molar-refractivity contribution in [3.8, 4) is 0 Å². The van der Waals surface area contributed by atoms with Gasteiger partial charge in [-0.15, -0.1) is 11.3 Å². The third-order valence-electron chi connectivity index (χ3n) is 1.79. The molecule has 2 aromatic heterocycles. The van der Waals surface area contributed by atoms with Crippen molar-refractivity contribution in [2.24, 2.45) is 0 Å². The number of hydrogen-bond donors (Lipinski definition) is 1. The van der Waals surface area contributed by atoms with Crippen molar-refractivity contribution < 1.29 is 9.21 Å². The van der Waals surface area contributed by atoms with Crippen LogP contribution in [0.4, 0.5) is 0 Å². The Kier molecular flexibility index (Phi) is 2.32. The lowest BCUT2D eigenvalue weighted by molar-refractivity contribution is 0.0944. The molecule has 0 saturated carbocycles. The molecule has 0 fully saturated rings. The highest BCUT2D eigenvalue weighted by Gasteiger charge is 2.09. The molecule has 1 N–H and O–H groups in total. The summed E-state index contributed by atoms with van der Waals surface area (Å²) in [5.74, 6) is 0.218. The van der Waals surface area contributed by atoms with Crippen LogP contribution in [0.25, 0.3) is 0 Å². The molecule has 4 nitrogen and oxygen atoms in total. The van der Waals surface area contributed by atoms with Gasteiger partial charge in [-0.25, -0.2) is 0 Å². The predicted octanol–water partition coefficient (Wildman–Crippen LogP) is 1.50. The van der Waals surface area contributed by atoms with Crippen molar-refractivity contribution in [3.05, 3.63) is 40.5 Å². The van der Waals surface area contributed by atoms with Crippen LogP contribution in [-0.2, 0) is 6.54 Å². The topological polar surface area (TPSA) is 59.0 Å². The van der Waals surface area contributed by atoms with Crippen molar-refractivity contribution >= 4 is 17.1 Å². The van der Waals surface area contributed by atoms with E-state index in [4.69, 9.17) is 9.83 Å². The predicted molar refractivity (Wildman–Crippen MR) is 51.2 cm³/mol. The summed E-state index contributed by atoms with van der Waals surface area (Å²) in [7, 11) is 0. The average Bonchev–Trinajstić information content (AvgIpc) is 2.77. The Morgan fingerprint density at radius 2 is 2.50 bits per heavy atom. The number of nitrogens with zero attached hydrogens (tertiary/aromatic N) is 1. The van der Waals surface area contributed by atoms with Gasteiger partial charge in [-0.2, -0.15) is 0 Å². The van der Waals surface area contributed by atoms with E-state index in [0.29, 0.717) is 10.6 Å². The number of carbonyl (C=O) groups is 1. The van der Waals surface area contributed by atoms with E-state index in [1.807, 2.05) is 0 Å². The number of thiazole rings is 1. The van der Waals surface area contributed by atoms with Gasteiger partial charge in [0.15, 0.2) is 10.6 Å². The van der Waals surface area contributed by atoms with Gasteiger partial charge in [0.25, 0.3) is 0 Å². The van der Waals surface area contributed by atoms with Gasteiger partial charge in [0.1, 0.15) is 0 Å². The van der Waals surface area contributed by atoms with Gasteiger partial charge in [0.2, 0.25) is 5.78 Å². The van der Waals surface area contributed by atoms with E-state index in [0.717, 1.165) is 0 Å². The molecule has 0 bridgehead atoms. The smallest absolute Gasteiger partial charge is 0.217 e. The van der Waals surface area contributed by atoms with E-state index < -0.39 is 0 Å². The molecule has 72 valence electrons. The van der Waals surface area contributed by atoms with Gasteiger partial charge >= 0.3 is 0 Å². The number of hydrogen-bond acceptors (Lipinski definition) is 4. The Hall–Kier alpha value is -1.62. The summed E-state index contributed by atoms with van der Waals surface area (Å²) in [4.78, 5) is 11.9. The standard InChI is InChI=1S/C9H8N2O2S/c10-9-11(3-5-14-9)6-7(12)8-2-1-4-13-8/h1-5,10H,6H2. The molecule has 0 radical (unpaired) electrons. The maximum absolute atomic E-state index is 11.5. The minimum atomic E-state index is -0.119. The monoisotopic (exact) mass is 208 g/mol. The van der Waals surface area contributed by atoms with Gasteiger partial charge in [-0.05, 0) is 12.1 Å². The first-order valence-corrected chi connectivity index (χ1v) is 4.90. The number of rotatable bonds is 3. The SMILES string of the molecule is N=c1sccn1CC(=O)c1ccco1. The van der Waals surface area contributed by atoms with E-state index in [1.165, 1.54) is 17.6 Å². The average molecular weight is 208 g/mol. The molecule has 0 saturated heterocycles. The Balaban J connectivity index is 2.17. The number of aromatic nitrogens is 1. The fourth-order valence-corrected chi connectivity index (χ4v) is 1.70. The zero-order chi connectivity index (χ0) is 9.97. The quantitative estimate of drug-likeness (QED) is 0.777. The lowest BCUT2D eigenvalue weighted by Gasteiger charge is -1.98. The Bertz CT molecular complexity index is 481. The molecule has 0 spiro atoms. The highest BCUT2D eigenvalue weighted by molar-refractivity contribution is 7.06. The molecule has 0 atom stereocenters. The normalized spacial score (nSPS) is 10.3. The van der Waals surface area contributed by atoms with E-state index in [9.17, 15) is 4.79 Å². The van der Waals surface area contributed by atoms with Crippen LogP contribution < -0.4 is 4.80 Å². The zero-order valence-electron chi connectivity index (χ0n) is 7.27. The second kappa shape index (κ2) is 3.63. The number of furan rings is 1. The van der Waals surface area contributed by atoms with Crippen LogP contribution in [0, 0.1) is 5.41 Å². The summed E-state index contributed by atoms with van der Waals surface area (Å²) >= 11 is 1.29. The fourth-order valence-electron chi connectivity index (χ4n) is 1.10. The first-order valence-electron chi connectivity index (χ1n) is 4.02. The minimum Gasteiger partial charge on any atom is -0.461 e. The van der Waals surface area contributed by atoms with Crippen molar-refractivity contribution in [1.29, 1.82) is 5.41 Å². The second-order valence-corrected chi connectivity index (χ2v) is 3.63. The Labute approximate surface area is 83.9 Å². The molecule has 0 unspecified atom stereocenters. The molecule has 2 rings (SSSR count). The van der Waals surface area contributed by atoms with Crippen LogP contribution in [0.3, 0.4) is 0 Å². The summed E-state index contributed by atoms with van der Waals surface area (Å²) < 4.78 is 6.54. The van der Waals surface area contributed by atoms with Gasteiger partial charge < -0.3 is 8.98 Å². The van der Waals surface area contributed by atoms with Crippen molar-refractivity contribution in [3.63, 3.8) is 0 Å². The lowest BCUT2D eigenvalue weighted by Crippen LogP contribution is -2.18. The molecule has 2 heterocycles. The molecule has 0 aromatic carbocycles. The molecule has 0 aliphatic heterocycles. The number of nitrogens with one attached hydrogen (secondary N) is 1. The maximum Gasteiger partial charge on any atom is 0.217 e. The molecular formula is C9H8N2O2S. The van der Waals surface area contributed by atoms with Crippen molar-refractivity contribution in [1.82, 2.24) is 4.57 Å². The summed E-state index contributed by atoms with van der Waals surface area (Å²) in [6.07, 6.45) is 3.18. The van der Waals surface area contributed by atoms with Crippen LogP contribution >= 0.6 is 11.3 Å². The minimum absolute atomic E-state index is 0.119. The molecule has 0 aliphatic carbocycles. The van der Waals surface area contributed by atoms with E-state index in [-0.39, 0.29) is 12.3 Å². The number of carbonyl (C=O) groups excluding carboxylic acids is 1. The molecule has 14 heavy (non-hydrogen) atoms. The second-order valence-electron chi connectivity index (χ2n) is 2.74. The third kappa shape index (κ3) is 1.67. The maximum atomic E-state index is 11.5. The van der Waals surface area contributed by atoms with Gasteiger partial charge in [0, 0.05) is 11.6 Å². The van der Waals surface area contributed by atoms with Crippen molar-refractivity contribution in [2.75, 3.05) is 0 Å². The van der Waals surface area contributed by atoms with Gasteiger partial charge in [-0.3, -0.25) is 10.2 Å². The largest absolute Gasteiger partial charge is 0.461 e. The summed E-state index contributed by atoms with van der Waals surface area (Å²) in [6.45, 7) is 0.163. The highest BCUT2D eigenvalue weighted by Crippen LogP contribution is 2.02. The van der Waals surface area contributed by atoms with Crippen LogP contribution in [0.15, 0.2) is 34.4 Å². The third-order valence-corrected chi connectivity index (χ3v) is 2.51. The van der Waals surface area contributed by atoms with E-state index >= 15 is 0 Å². The van der Waals surface area contributed by atoms with Crippen molar-refractivity contribution in [2.45, 2.75) is 6.54 Å². The molecule has 0 amide bonds. The molecular weight excluding hydrogens is 200 g/mol. The molecule has 0 aliphatic rings. The van der Waals surface area contributed by atoms with E-state index in [2.05, 4.69) is 0 Å². The number of ketones is 1. The Morgan fingerprint density at radius 1 is 1.64 bits per heavy atom.